The minimum atomic E-state index is -0.420. The molecule has 102 valence electrons. The van der Waals surface area contributed by atoms with E-state index < -0.39 is 5.82 Å². The van der Waals surface area contributed by atoms with E-state index in [4.69, 9.17) is 5.26 Å². The van der Waals surface area contributed by atoms with Crippen LogP contribution in [0.5, 0.6) is 0 Å². The third-order valence-corrected chi connectivity index (χ3v) is 2.40. The summed E-state index contributed by atoms with van der Waals surface area (Å²) in [6.07, 6.45) is 0. The fourth-order valence-corrected chi connectivity index (χ4v) is 1.47. The number of benzene rings is 1. The fourth-order valence-electron chi connectivity index (χ4n) is 1.47. The molecule has 0 aliphatic rings. The van der Waals surface area contributed by atoms with Crippen molar-refractivity contribution in [1.29, 1.82) is 5.26 Å². The molecule has 0 aliphatic heterocycles. The number of nitriles is 1. The highest BCUT2D eigenvalue weighted by Crippen LogP contribution is 2.08. The first-order valence-corrected chi connectivity index (χ1v) is 5.88. The molecule has 0 atom stereocenters. The molecule has 2 amide bonds. The summed E-state index contributed by atoms with van der Waals surface area (Å²) in [5, 5.41) is 14.5. The van der Waals surface area contributed by atoms with Gasteiger partial charge in [0.05, 0.1) is 11.6 Å². The Bertz CT molecular complexity index is 482. The molecule has 1 aromatic rings. The number of halogens is 1. The van der Waals surface area contributed by atoms with Gasteiger partial charge in [-0.15, -0.1) is 0 Å². The van der Waals surface area contributed by atoms with Gasteiger partial charge in [0.1, 0.15) is 5.82 Å². The molecule has 1 aromatic carbocycles. The van der Waals surface area contributed by atoms with E-state index in [1.54, 1.807) is 20.2 Å². The van der Waals surface area contributed by atoms with Crippen molar-refractivity contribution in [2.24, 2.45) is 0 Å². The third-order valence-electron chi connectivity index (χ3n) is 2.40. The van der Waals surface area contributed by atoms with Crippen LogP contribution in [-0.4, -0.2) is 38.1 Å². The van der Waals surface area contributed by atoms with Gasteiger partial charge in [0.2, 0.25) is 0 Å². The van der Waals surface area contributed by atoms with Crippen LogP contribution in [0.25, 0.3) is 0 Å². The largest absolute Gasteiger partial charge is 0.337 e. The zero-order valence-electron chi connectivity index (χ0n) is 11.0. The van der Waals surface area contributed by atoms with Crippen molar-refractivity contribution >= 4 is 6.03 Å². The van der Waals surface area contributed by atoms with Crippen LogP contribution in [0.4, 0.5) is 9.18 Å². The van der Waals surface area contributed by atoms with Crippen molar-refractivity contribution in [3.8, 4) is 6.07 Å². The van der Waals surface area contributed by atoms with Gasteiger partial charge < -0.3 is 15.5 Å². The van der Waals surface area contributed by atoms with E-state index in [0.717, 1.165) is 0 Å². The fraction of sp³-hybridized carbons (Fsp3) is 0.385. The van der Waals surface area contributed by atoms with Gasteiger partial charge >= 0.3 is 6.03 Å². The first-order valence-electron chi connectivity index (χ1n) is 5.88. The van der Waals surface area contributed by atoms with Gasteiger partial charge in [-0.3, -0.25) is 0 Å². The van der Waals surface area contributed by atoms with E-state index in [2.05, 4.69) is 10.6 Å². The monoisotopic (exact) mass is 264 g/mol. The maximum Gasteiger partial charge on any atom is 0.316 e. The van der Waals surface area contributed by atoms with Crippen LogP contribution in [0.3, 0.4) is 0 Å². The molecule has 2 N–H and O–H groups in total. The summed E-state index contributed by atoms with van der Waals surface area (Å²) >= 11 is 0. The predicted molar refractivity (Wildman–Crippen MR) is 69.9 cm³/mol. The average molecular weight is 264 g/mol. The molecular weight excluding hydrogens is 247 g/mol. The standard InChI is InChI=1S/C13H17FN4O/c1-18(2)13(19)17-4-3-16-9-11-5-10(8-15)6-12(14)7-11/h5-7,16H,3-4,9H2,1-2H3,(H,17,19). The molecule has 0 fully saturated rings. The predicted octanol–water partition coefficient (Wildman–Crippen LogP) is 1.06. The van der Waals surface area contributed by atoms with Crippen LogP contribution >= 0.6 is 0 Å². The van der Waals surface area contributed by atoms with E-state index in [1.165, 1.54) is 17.0 Å². The summed E-state index contributed by atoms with van der Waals surface area (Å²) in [4.78, 5) is 12.7. The molecule has 6 heteroatoms. The van der Waals surface area contributed by atoms with Gasteiger partial charge in [-0.25, -0.2) is 9.18 Å². The zero-order valence-corrected chi connectivity index (χ0v) is 11.0. The molecule has 0 spiro atoms. The maximum atomic E-state index is 13.1. The van der Waals surface area contributed by atoms with Crippen LogP contribution in [-0.2, 0) is 6.54 Å². The van der Waals surface area contributed by atoms with Crippen molar-refractivity contribution in [3.63, 3.8) is 0 Å². The normalized spacial score (nSPS) is 9.79. The lowest BCUT2D eigenvalue weighted by molar-refractivity contribution is 0.217. The van der Waals surface area contributed by atoms with Crippen LogP contribution in [0, 0.1) is 17.1 Å². The van der Waals surface area contributed by atoms with Crippen LogP contribution in [0.2, 0.25) is 0 Å². The Morgan fingerprint density at radius 3 is 2.74 bits per heavy atom. The van der Waals surface area contributed by atoms with Gasteiger partial charge in [-0.05, 0) is 23.8 Å². The van der Waals surface area contributed by atoms with Crippen molar-refractivity contribution in [2.75, 3.05) is 27.2 Å². The first-order chi connectivity index (χ1) is 9.02. The molecule has 0 bridgehead atoms. The highest BCUT2D eigenvalue weighted by atomic mass is 19.1. The molecule has 0 radical (unpaired) electrons. The van der Waals surface area contributed by atoms with E-state index in [0.29, 0.717) is 30.8 Å². The summed E-state index contributed by atoms with van der Waals surface area (Å²) in [5.41, 5.74) is 1.01. The minimum Gasteiger partial charge on any atom is -0.337 e. The number of rotatable bonds is 5. The molecule has 1 rings (SSSR count). The second kappa shape index (κ2) is 7.34. The Balaban J connectivity index is 2.32. The number of nitrogens with one attached hydrogen (secondary N) is 2. The number of hydrogen-bond acceptors (Lipinski definition) is 3. The Kier molecular flexibility index (Phi) is 5.76. The Morgan fingerprint density at radius 2 is 2.11 bits per heavy atom. The molecule has 0 saturated carbocycles. The minimum absolute atomic E-state index is 0.153. The molecular formula is C13H17FN4O. The second-order valence-electron chi connectivity index (χ2n) is 4.26. The summed E-state index contributed by atoms with van der Waals surface area (Å²) < 4.78 is 13.1. The third kappa shape index (κ3) is 5.36. The Labute approximate surface area is 112 Å². The van der Waals surface area contributed by atoms with Crippen molar-refractivity contribution in [1.82, 2.24) is 15.5 Å². The summed E-state index contributed by atoms with van der Waals surface area (Å²) in [6.45, 7) is 1.50. The quantitative estimate of drug-likeness (QED) is 0.781. The van der Waals surface area contributed by atoms with Crippen molar-refractivity contribution in [2.45, 2.75) is 6.54 Å². The van der Waals surface area contributed by atoms with E-state index in [9.17, 15) is 9.18 Å². The van der Waals surface area contributed by atoms with E-state index in [-0.39, 0.29) is 6.03 Å². The first kappa shape index (κ1) is 14.9. The summed E-state index contributed by atoms with van der Waals surface area (Å²) in [5.74, 6) is -0.420. The van der Waals surface area contributed by atoms with Crippen LogP contribution < -0.4 is 10.6 Å². The van der Waals surface area contributed by atoms with Crippen molar-refractivity contribution < 1.29 is 9.18 Å². The number of carbonyl (C=O) groups is 1. The van der Waals surface area contributed by atoms with Gasteiger partial charge in [0.15, 0.2) is 0 Å². The number of carbonyl (C=O) groups excluding carboxylic acids is 1. The lowest BCUT2D eigenvalue weighted by atomic mass is 10.1. The van der Waals surface area contributed by atoms with Gasteiger partial charge in [-0.2, -0.15) is 5.26 Å². The van der Waals surface area contributed by atoms with E-state index in [1.807, 2.05) is 6.07 Å². The summed E-state index contributed by atoms with van der Waals surface area (Å²) in [7, 11) is 3.33. The topological polar surface area (TPSA) is 68.2 Å². The number of nitrogens with zero attached hydrogens (tertiary/aromatic N) is 2. The number of urea groups is 1. The highest BCUT2D eigenvalue weighted by Gasteiger charge is 2.02. The lowest BCUT2D eigenvalue weighted by Gasteiger charge is -2.12. The molecule has 0 aliphatic carbocycles. The molecule has 5 nitrogen and oxygen atoms in total. The average Bonchev–Trinajstić information content (AvgIpc) is 2.37. The smallest absolute Gasteiger partial charge is 0.316 e. The summed E-state index contributed by atoms with van der Waals surface area (Å²) in [6, 6.07) is 5.96. The Morgan fingerprint density at radius 1 is 1.37 bits per heavy atom. The molecule has 0 aromatic heterocycles. The van der Waals surface area contributed by atoms with E-state index >= 15 is 0 Å². The van der Waals surface area contributed by atoms with Crippen LogP contribution in [0.15, 0.2) is 18.2 Å². The molecule has 0 heterocycles. The Hall–Kier alpha value is -2.13. The van der Waals surface area contributed by atoms with Crippen molar-refractivity contribution in [3.05, 3.63) is 35.1 Å². The molecule has 0 unspecified atom stereocenters. The number of amides is 2. The maximum absolute atomic E-state index is 13.1. The second-order valence-corrected chi connectivity index (χ2v) is 4.26. The van der Waals surface area contributed by atoms with Gasteiger partial charge in [-0.1, -0.05) is 0 Å². The SMILES string of the molecule is CN(C)C(=O)NCCNCc1cc(F)cc(C#N)c1. The van der Waals surface area contributed by atoms with Crippen LogP contribution in [0.1, 0.15) is 11.1 Å². The lowest BCUT2D eigenvalue weighted by Crippen LogP contribution is -2.38. The highest BCUT2D eigenvalue weighted by molar-refractivity contribution is 5.73. The molecule has 19 heavy (non-hydrogen) atoms. The molecule has 0 saturated heterocycles. The van der Waals surface area contributed by atoms with Gasteiger partial charge in [0, 0.05) is 33.7 Å². The van der Waals surface area contributed by atoms with Gasteiger partial charge in [0.25, 0.3) is 0 Å². The number of hydrogen-bond donors (Lipinski definition) is 2. The zero-order chi connectivity index (χ0) is 14.3.